The van der Waals surface area contributed by atoms with Crippen molar-refractivity contribution in [1.29, 1.82) is 5.26 Å². The van der Waals surface area contributed by atoms with E-state index in [1.807, 2.05) is 0 Å². The Balaban J connectivity index is 2.09. The second kappa shape index (κ2) is 9.04. The van der Waals surface area contributed by atoms with Gasteiger partial charge < -0.3 is 14.0 Å². The molecule has 1 atom stereocenters. The Hall–Kier alpha value is -3.75. The van der Waals surface area contributed by atoms with Gasteiger partial charge in [-0.25, -0.2) is 9.18 Å². The summed E-state index contributed by atoms with van der Waals surface area (Å²) in [5.41, 5.74) is -4.03. The fraction of sp³-hybridized carbons (Fsp3) is 0.333. The number of aryl methyl sites for hydroxylation is 1. The molecule has 3 aromatic heterocycles. The average Bonchev–Trinajstić information content (AvgIpc) is 3.47. The molecule has 3 aromatic rings. The van der Waals surface area contributed by atoms with Crippen LogP contribution in [-0.2, 0) is 18.0 Å². The number of hydrogen-bond acceptors (Lipinski definition) is 8. The van der Waals surface area contributed by atoms with Crippen LogP contribution < -0.4 is 4.74 Å². The number of nitrogens with zero attached hydrogens (tertiary/aromatic N) is 4. The molecule has 0 saturated heterocycles. The minimum Gasteiger partial charge on any atom is -0.465 e. The third-order valence-electron chi connectivity index (χ3n) is 4.35. The summed E-state index contributed by atoms with van der Waals surface area (Å²) in [4.78, 5) is 11.7. The summed E-state index contributed by atoms with van der Waals surface area (Å²) in [7, 11) is 1.84. The Morgan fingerprint density at radius 3 is 2.36 bits per heavy atom. The van der Waals surface area contributed by atoms with E-state index in [2.05, 4.69) is 19.7 Å². The average molecular weight is 548 g/mol. The zero-order valence-corrected chi connectivity index (χ0v) is 18.3. The molecule has 0 fully saturated rings. The molecule has 0 spiro atoms. The Labute approximate surface area is 197 Å². The highest BCUT2D eigenvalue weighted by molar-refractivity contribution is 7.16. The molecule has 0 radical (unpaired) electrons. The highest BCUT2D eigenvalue weighted by Gasteiger charge is 2.60. The second-order valence-corrected chi connectivity index (χ2v) is 7.80. The SMILES string of the molecule is COC(=O)c1cc(-c2cc(-c3c(C(F)(F)F)c(OC(F)(F)C(F)C(F)(F)F)nn3C)no2)sc1C#N. The minimum absolute atomic E-state index is 0.0369. The summed E-state index contributed by atoms with van der Waals surface area (Å²) in [6.45, 7) is 0. The largest absolute Gasteiger partial charge is 0.465 e. The van der Waals surface area contributed by atoms with Crippen LogP contribution >= 0.6 is 11.3 Å². The lowest BCUT2D eigenvalue weighted by atomic mass is 10.1. The van der Waals surface area contributed by atoms with Crippen molar-refractivity contribution in [3.8, 4) is 34.0 Å². The van der Waals surface area contributed by atoms with Gasteiger partial charge in [0.05, 0.1) is 17.6 Å². The van der Waals surface area contributed by atoms with Gasteiger partial charge in [-0.05, 0) is 6.07 Å². The van der Waals surface area contributed by atoms with E-state index < -0.39 is 53.4 Å². The maximum Gasteiger partial charge on any atom is 0.440 e. The number of esters is 1. The fourth-order valence-corrected chi connectivity index (χ4v) is 3.74. The zero-order chi connectivity index (χ0) is 27.2. The van der Waals surface area contributed by atoms with E-state index in [1.54, 1.807) is 6.07 Å². The molecule has 3 rings (SSSR count). The van der Waals surface area contributed by atoms with Gasteiger partial charge in [-0.3, -0.25) is 4.68 Å². The highest BCUT2D eigenvalue weighted by atomic mass is 32.1. The summed E-state index contributed by atoms with van der Waals surface area (Å²) in [5, 5.41) is 15.6. The first-order valence-corrected chi connectivity index (χ1v) is 9.84. The Morgan fingerprint density at radius 1 is 1.19 bits per heavy atom. The van der Waals surface area contributed by atoms with Crippen molar-refractivity contribution in [2.75, 3.05) is 7.11 Å². The number of methoxy groups -OCH3 is 1. The lowest BCUT2D eigenvalue weighted by Gasteiger charge is -2.22. The fourth-order valence-electron chi connectivity index (χ4n) is 2.85. The number of rotatable bonds is 6. The van der Waals surface area contributed by atoms with Gasteiger partial charge in [-0.15, -0.1) is 16.4 Å². The van der Waals surface area contributed by atoms with Gasteiger partial charge in [-0.2, -0.15) is 40.4 Å². The normalized spacial score (nSPS) is 13.4. The minimum atomic E-state index is -6.15. The number of nitriles is 1. The molecule has 8 nitrogen and oxygen atoms in total. The molecule has 0 aliphatic rings. The van der Waals surface area contributed by atoms with E-state index in [-0.39, 0.29) is 21.1 Å². The van der Waals surface area contributed by atoms with Crippen LogP contribution in [-0.4, -0.2) is 46.5 Å². The third kappa shape index (κ3) is 4.96. The molecule has 36 heavy (non-hydrogen) atoms. The number of alkyl halides is 9. The first kappa shape index (κ1) is 26.8. The van der Waals surface area contributed by atoms with Crippen LogP contribution in [0.4, 0.5) is 39.5 Å². The predicted molar refractivity (Wildman–Crippen MR) is 99.6 cm³/mol. The third-order valence-corrected chi connectivity index (χ3v) is 5.40. The molecule has 0 bridgehead atoms. The lowest BCUT2D eigenvalue weighted by Crippen LogP contribution is -2.46. The van der Waals surface area contributed by atoms with E-state index in [9.17, 15) is 44.3 Å². The summed E-state index contributed by atoms with van der Waals surface area (Å²) in [6, 6.07) is 3.70. The van der Waals surface area contributed by atoms with E-state index >= 15 is 0 Å². The molecule has 3 heterocycles. The predicted octanol–water partition coefficient (Wildman–Crippen LogP) is 5.35. The van der Waals surface area contributed by atoms with Crippen molar-refractivity contribution >= 4 is 17.3 Å². The number of carbonyl (C=O) groups excluding carboxylic acids is 1. The van der Waals surface area contributed by atoms with Crippen LogP contribution in [0.1, 0.15) is 20.8 Å². The molecule has 194 valence electrons. The van der Waals surface area contributed by atoms with E-state index in [0.717, 1.165) is 26.3 Å². The highest BCUT2D eigenvalue weighted by Crippen LogP contribution is 2.46. The van der Waals surface area contributed by atoms with Crippen molar-refractivity contribution in [1.82, 2.24) is 14.9 Å². The number of thiophene rings is 1. The van der Waals surface area contributed by atoms with Gasteiger partial charge in [0, 0.05) is 13.1 Å². The van der Waals surface area contributed by atoms with Crippen molar-refractivity contribution in [2.24, 2.45) is 7.05 Å². The van der Waals surface area contributed by atoms with Crippen LogP contribution in [0.3, 0.4) is 0 Å². The monoisotopic (exact) mass is 548 g/mol. The molecule has 0 N–H and O–H groups in total. The molecular weight excluding hydrogens is 539 g/mol. The van der Waals surface area contributed by atoms with Crippen LogP contribution in [0.15, 0.2) is 16.7 Å². The Bertz CT molecular complexity index is 1330. The van der Waals surface area contributed by atoms with Crippen LogP contribution in [0.2, 0.25) is 0 Å². The molecule has 0 aliphatic heterocycles. The van der Waals surface area contributed by atoms with Crippen molar-refractivity contribution in [3.05, 3.63) is 28.1 Å². The second-order valence-electron chi connectivity index (χ2n) is 6.75. The van der Waals surface area contributed by atoms with Crippen molar-refractivity contribution in [3.63, 3.8) is 0 Å². The number of aromatic nitrogens is 3. The van der Waals surface area contributed by atoms with Gasteiger partial charge in [0.15, 0.2) is 5.76 Å². The van der Waals surface area contributed by atoms with E-state index in [0.29, 0.717) is 16.0 Å². The molecule has 0 saturated carbocycles. The number of hydrogen-bond donors (Lipinski definition) is 0. The number of halogens is 9. The number of carbonyl (C=O) groups is 1. The van der Waals surface area contributed by atoms with Gasteiger partial charge >= 0.3 is 24.4 Å². The van der Waals surface area contributed by atoms with Crippen molar-refractivity contribution < 1.29 is 58.3 Å². The van der Waals surface area contributed by atoms with Gasteiger partial charge in [0.2, 0.25) is 0 Å². The molecule has 0 aliphatic carbocycles. The maximum absolute atomic E-state index is 13.7. The molecule has 18 heteroatoms. The summed E-state index contributed by atoms with van der Waals surface area (Å²) in [5.74, 6) is -3.21. The first-order chi connectivity index (χ1) is 16.5. The standard InChI is InChI=1S/C18H9F9N4O4S/c1-31-12(7-4-8(35-30-7)9-3-6(14(32)33-2)10(5-28)36-9)11(16(20,21)22)13(29-31)34-18(26,27)15(19)17(23,24)25/h3-4,15H,1-2H3. The molecule has 0 amide bonds. The quantitative estimate of drug-likeness (QED) is 0.302. The topological polar surface area (TPSA) is 103 Å². The summed E-state index contributed by atoms with van der Waals surface area (Å²) >= 11 is 0.685. The molecule has 1 unspecified atom stereocenters. The molecule has 0 aromatic carbocycles. The first-order valence-electron chi connectivity index (χ1n) is 9.02. The van der Waals surface area contributed by atoms with E-state index in [4.69, 9.17) is 9.78 Å². The number of ether oxygens (including phenoxy) is 2. The lowest BCUT2D eigenvalue weighted by molar-refractivity contribution is -0.306. The maximum atomic E-state index is 13.7. The van der Waals surface area contributed by atoms with Crippen LogP contribution in [0, 0.1) is 11.3 Å². The summed E-state index contributed by atoms with van der Waals surface area (Å²) < 4.78 is 132. The van der Waals surface area contributed by atoms with Crippen molar-refractivity contribution in [2.45, 2.75) is 24.6 Å². The van der Waals surface area contributed by atoms with Crippen LogP contribution in [0.25, 0.3) is 22.0 Å². The summed E-state index contributed by atoms with van der Waals surface area (Å²) in [6.07, 6.45) is -22.4. The zero-order valence-electron chi connectivity index (χ0n) is 17.5. The van der Waals surface area contributed by atoms with Gasteiger partial charge in [-0.1, -0.05) is 5.16 Å². The molecular formula is C18H9F9N4O4S. The van der Waals surface area contributed by atoms with E-state index in [1.165, 1.54) is 0 Å². The van der Waals surface area contributed by atoms with Gasteiger partial charge in [0.25, 0.3) is 12.1 Å². The van der Waals surface area contributed by atoms with Gasteiger partial charge in [0.1, 0.15) is 27.9 Å². The Morgan fingerprint density at radius 2 is 1.83 bits per heavy atom. The van der Waals surface area contributed by atoms with Crippen LogP contribution in [0.5, 0.6) is 5.88 Å². The Kier molecular flexibility index (Phi) is 6.74. The smallest absolute Gasteiger partial charge is 0.440 e.